The third kappa shape index (κ3) is 19.7. The van der Waals surface area contributed by atoms with E-state index in [0.717, 1.165) is 145 Å². The zero-order valence-corrected chi connectivity index (χ0v) is 77.9. The van der Waals surface area contributed by atoms with Gasteiger partial charge in [-0.2, -0.15) is 5.26 Å². The number of hydrogen-bond donors (Lipinski definition) is 0. The van der Waals surface area contributed by atoms with Gasteiger partial charge in [-0.1, -0.05) is 461 Å². The van der Waals surface area contributed by atoms with Crippen LogP contribution in [0.25, 0.3) is 245 Å². The van der Waals surface area contributed by atoms with Gasteiger partial charge in [0.15, 0.2) is 63.8 Å². The molecule has 12 nitrogen and oxygen atoms in total. The summed E-state index contributed by atoms with van der Waals surface area (Å²) in [5, 5.41) is 16.4. The monoisotopic (exact) mass is 1840 g/mol. The van der Waals surface area contributed by atoms with Crippen LogP contribution in [0.5, 0.6) is 0 Å². The van der Waals surface area contributed by atoms with Crippen molar-refractivity contribution in [2.24, 2.45) is 0 Å². The Morgan fingerprint density at radius 3 is 0.681 bits per heavy atom. The van der Waals surface area contributed by atoms with Gasteiger partial charge in [0.25, 0.3) is 0 Å². The predicted molar refractivity (Wildman–Crippen MR) is 587 cm³/mol. The number of aromatic nitrogens is 9. The fraction of sp³-hybridized carbons (Fsp3) is 0. The molecule has 0 amide bonds. The highest BCUT2D eigenvalue weighted by molar-refractivity contribution is 6.02. The van der Waals surface area contributed by atoms with Crippen molar-refractivity contribution in [3.05, 3.63) is 538 Å². The second kappa shape index (κ2) is 41.1. The third-order valence-corrected chi connectivity index (χ3v) is 25.7. The first-order chi connectivity index (χ1) is 71.1. The van der Waals surface area contributed by atoms with Gasteiger partial charge in [0.1, 0.15) is 0 Å². The fourth-order valence-corrected chi connectivity index (χ4v) is 18.2. The normalized spacial score (nSPS) is 10.9. The number of nitrogens with zero attached hydrogens (tertiary/aromatic N) is 12. The molecule has 0 radical (unpaired) electrons. The molecule has 144 heavy (non-hydrogen) atoms. The summed E-state index contributed by atoms with van der Waals surface area (Å²) in [5.41, 5.74) is 30.7. The minimum Gasteiger partial charge on any atom is -0.238 e. The standard InChI is InChI=1S/3C44H28N4/c1-45-39-25-22-31(23-26-39)30-18-20-32(21-19-30)35-24-27-41-36(28-35)15-9-17-40(41)37-14-8-16-38(29-37)44-47-42(33-10-4-2-5-11-33)46-43(48-44)34-12-6-3-7-13-34;1-45-39-16-8-14-36(29-39)30-18-20-31(21-19-30)37-26-27-41-38(28-37)15-9-17-40(41)32-22-24-35(25-23-32)44-47-42(33-10-4-2-5-11-33)46-43(48-44)34-12-6-3-7-13-34;45-29-30-10-7-15-35(26-30)31-20-22-32(23-21-31)36-24-25-41-37(27-36)17-9-19-40(41)38-16-8-18-39(28-38)44-47-42(33-11-3-1-4-12-33)46-43(48-44)34-13-5-2-6-14-34/h2*2-29H;1-28H. The smallest absolute Gasteiger partial charge is 0.187 e. The average Bonchev–Trinajstić information content (AvgIpc) is 0.775. The van der Waals surface area contributed by atoms with E-state index in [2.05, 4.69) is 271 Å². The maximum absolute atomic E-state index is 9.29. The topological polar surface area (TPSA) is 149 Å². The van der Waals surface area contributed by atoms with Gasteiger partial charge in [-0.3, -0.25) is 0 Å². The molecule has 0 unspecified atom stereocenters. The van der Waals surface area contributed by atoms with E-state index in [-0.39, 0.29) is 0 Å². The van der Waals surface area contributed by atoms with Crippen molar-refractivity contribution >= 4 is 43.7 Å². The first-order valence-electron chi connectivity index (χ1n) is 47.4. The number of benzene rings is 21. The highest BCUT2D eigenvalue weighted by Gasteiger charge is 2.21. The molecule has 0 N–H and O–H groups in total. The van der Waals surface area contributed by atoms with Crippen LogP contribution in [0.2, 0.25) is 0 Å². The minimum atomic E-state index is 0.634. The first kappa shape index (κ1) is 89.1. The van der Waals surface area contributed by atoms with E-state index in [1.165, 1.54) is 37.9 Å². The lowest BCUT2D eigenvalue weighted by molar-refractivity contribution is 1.07. The molecule has 0 saturated heterocycles. The van der Waals surface area contributed by atoms with E-state index in [4.69, 9.17) is 58.0 Å². The second-order valence-corrected chi connectivity index (χ2v) is 34.8. The quantitative estimate of drug-likeness (QED) is 0.0760. The van der Waals surface area contributed by atoms with E-state index < -0.39 is 0 Å². The Bertz CT molecular complexity index is 8790. The predicted octanol–water partition coefficient (Wildman–Crippen LogP) is 34.1. The average molecular weight is 1840 g/mol. The third-order valence-electron chi connectivity index (χ3n) is 25.7. The van der Waals surface area contributed by atoms with Crippen LogP contribution in [0.1, 0.15) is 5.56 Å². The van der Waals surface area contributed by atoms with Crippen molar-refractivity contribution in [1.82, 2.24) is 44.9 Å². The SMILES string of the molecule is N#Cc1cccc(-c2ccc(-c3ccc4c(-c5cccc(-c6nc(-c7ccccc7)nc(-c7ccccc7)n6)c5)cccc4c3)cc2)c1.[C-]#[N+]c1ccc(-c2ccc(-c3ccc4c(-c5cccc(-c6nc(-c7ccccc7)nc(-c7ccccc7)n6)c5)cccc4c3)cc2)cc1.[C-]#[N+]c1cccc(-c2ccc(-c3ccc4c(-c5ccc(-c6nc(-c7ccccc7)nc(-c7ccccc7)n6)cc5)cccc4c3)cc2)c1. The molecule has 12 heteroatoms. The molecule has 3 aromatic heterocycles. The zero-order valence-electron chi connectivity index (χ0n) is 77.9. The summed E-state index contributed by atoms with van der Waals surface area (Å²) >= 11 is 0. The highest BCUT2D eigenvalue weighted by atomic mass is 15.1. The van der Waals surface area contributed by atoms with E-state index in [0.29, 0.717) is 69.4 Å². The van der Waals surface area contributed by atoms with Crippen LogP contribution in [0.15, 0.2) is 510 Å². The molecule has 21 aromatic carbocycles. The molecule has 0 aliphatic carbocycles. The van der Waals surface area contributed by atoms with Crippen molar-refractivity contribution in [3.8, 4) is 209 Å². The van der Waals surface area contributed by atoms with E-state index in [9.17, 15) is 5.26 Å². The molecule has 672 valence electrons. The van der Waals surface area contributed by atoms with Crippen LogP contribution in [0.4, 0.5) is 11.4 Å². The Kier molecular flexibility index (Phi) is 25.4. The van der Waals surface area contributed by atoms with Gasteiger partial charge < -0.3 is 0 Å². The molecule has 0 atom stereocenters. The fourth-order valence-electron chi connectivity index (χ4n) is 18.2. The Hall–Kier alpha value is -20.1. The summed E-state index contributed by atoms with van der Waals surface area (Å²) in [7, 11) is 0. The van der Waals surface area contributed by atoms with E-state index in [1.54, 1.807) is 0 Å². The van der Waals surface area contributed by atoms with Crippen molar-refractivity contribution in [3.63, 3.8) is 0 Å². The number of fused-ring (bicyclic) bond motifs is 3. The Labute approximate surface area is 834 Å². The van der Waals surface area contributed by atoms with Gasteiger partial charge in [0.05, 0.1) is 24.8 Å². The summed E-state index contributed by atoms with van der Waals surface area (Å²) < 4.78 is 0. The van der Waals surface area contributed by atoms with E-state index >= 15 is 0 Å². The first-order valence-corrected chi connectivity index (χ1v) is 47.4. The highest BCUT2D eigenvalue weighted by Crippen LogP contribution is 2.42. The lowest BCUT2D eigenvalue weighted by atomic mass is 9.94. The van der Waals surface area contributed by atoms with Gasteiger partial charge in [0, 0.05) is 50.1 Å². The van der Waals surface area contributed by atoms with Gasteiger partial charge in [-0.15, -0.1) is 0 Å². The Morgan fingerprint density at radius 1 is 0.153 bits per heavy atom. The van der Waals surface area contributed by atoms with Crippen molar-refractivity contribution in [2.75, 3.05) is 0 Å². The number of rotatable bonds is 18. The van der Waals surface area contributed by atoms with Crippen LogP contribution >= 0.6 is 0 Å². The van der Waals surface area contributed by atoms with Gasteiger partial charge in [-0.05, 0) is 181 Å². The van der Waals surface area contributed by atoms with Crippen molar-refractivity contribution in [2.45, 2.75) is 0 Å². The molecule has 3 heterocycles. The molecular weight excluding hydrogens is 1750 g/mol. The molecular formula is C132H84N12. The van der Waals surface area contributed by atoms with Crippen LogP contribution in [0, 0.1) is 24.5 Å². The molecule has 0 spiro atoms. The van der Waals surface area contributed by atoms with E-state index in [1.807, 2.05) is 255 Å². The van der Waals surface area contributed by atoms with Gasteiger partial charge in [0.2, 0.25) is 0 Å². The number of hydrogen-bond acceptors (Lipinski definition) is 10. The summed E-state index contributed by atoms with van der Waals surface area (Å²) in [6, 6.07) is 176. The van der Waals surface area contributed by atoms with Crippen LogP contribution in [0.3, 0.4) is 0 Å². The van der Waals surface area contributed by atoms with Crippen molar-refractivity contribution < 1.29 is 0 Å². The molecule has 0 saturated carbocycles. The summed E-state index contributed by atoms with van der Waals surface area (Å²) in [6.45, 7) is 14.5. The van der Waals surface area contributed by atoms with Crippen LogP contribution < -0.4 is 0 Å². The zero-order chi connectivity index (χ0) is 96.9. The Morgan fingerprint density at radius 2 is 0.368 bits per heavy atom. The molecule has 0 aliphatic rings. The maximum Gasteiger partial charge on any atom is 0.187 e. The minimum absolute atomic E-state index is 0.634. The lowest BCUT2D eigenvalue weighted by Crippen LogP contribution is -2.00. The Balaban J connectivity index is 0.000000123. The largest absolute Gasteiger partial charge is 0.238 e. The van der Waals surface area contributed by atoms with Crippen LogP contribution in [-0.4, -0.2) is 44.9 Å². The summed E-state index contributed by atoms with van der Waals surface area (Å²) in [5.74, 6) is 5.80. The summed E-state index contributed by atoms with van der Waals surface area (Å²) in [4.78, 5) is 51.1. The van der Waals surface area contributed by atoms with Gasteiger partial charge >= 0.3 is 0 Å². The lowest BCUT2D eigenvalue weighted by Gasteiger charge is -2.12. The molecule has 0 fully saturated rings. The second-order valence-electron chi connectivity index (χ2n) is 34.8. The molecule has 24 aromatic rings. The molecule has 0 aliphatic heterocycles. The maximum atomic E-state index is 9.29. The number of nitriles is 1. The molecule has 0 bridgehead atoms. The molecule has 24 rings (SSSR count). The van der Waals surface area contributed by atoms with Crippen molar-refractivity contribution in [1.29, 1.82) is 5.26 Å². The van der Waals surface area contributed by atoms with Gasteiger partial charge in [-0.25, -0.2) is 54.5 Å². The summed E-state index contributed by atoms with van der Waals surface area (Å²) in [6.07, 6.45) is 0. The van der Waals surface area contributed by atoms with Crippen LogP contribution in [-0.2, 0) is 0 Å².